The maximum absolute atomic E-state index is 12.4. The molecule has 4 heteroatoms. The number of para-hydroxylation sites is 1. The normalized spacial score (nSPS) is 14.7. The average Bonchev–Trinajstić information content (AvgIpc) is 2.71. The fourth-order valence-electron chi connectivity index (χ4n) is 3.87. The minimum Gasteiger partial charge on any atom is -0.493 e. The summed E-state index contributed by atoms with van der Waals surface area (Å²) < 4.78 is 5.90. The molecule has 0 bridgehead atoms. The average molecular weight is 381 g/mol. The summed E-state index contributed by atoms with van der Waals surface area (Å²) in [6, 6.07) is 16.9. The third-order valence-corrected chi connectivity index (χ3v) is 5.52. The smallest absolute Gasteiger partial charge is 0.317 e. The predicted molar refractivity (Wildman–Crippen MR) is 114 cm³/mol. The zero-order chi connectivity index (χ0) is 19.8. The maximum Gasteiger partial charge on any atom is 0.317 e. The van der Waals surface area contributed by atoms with Gasteiger partial charge in [-0.2, -0.15) is 0 Å². The van der Waals surface area contributed by atoms with Crippen LogP contribution in [-0.2, 0) is 6.42 Å². The summed E-state index contributed by atoms with van der Waals surface area (Å²) in [5.74, 6) is 1.64. The first-order valence-electron chi connectivity index (χ1n) is 10.4. The van der Waals surface area contributed by atoms with Crippen LogP contribution in [0.25, 0.3) is 0 Å². The molecule has 1 aliphatic heterocycles. The van der Waals surface area contributed by atoms with E-state index in [1.807, 2.05) is 11.0 Å². The lowest BCUT2D eigenvalue weighted by molar-refractivity contribution is 0.169. The highest BCUT2D eigenvalue weighted by molar-refractivity contribution is 5.74. The number of carbonyl (C=O) groups excluding carboxylic acids is 1. The fraction of sp³-hybridized carbons (Fsp3) is 0.458. The first-order valence-corrected chi connectivity index (χ1v) is 10.4. The Morgan fingerprint density at radius 3 is 2.39 bits per heavy atom. The van der Waals surface area contributed by atoms with Crippen molar-refractivity contribution in [1.29, 1.82) is 0 Å². The molecule has 0 atom stereocenters. The van der Waals surface area contributed by atoms with Crippen molar-refractivity contribution in [3.05, 3.63) is 65.2 Å². The lowest BCUT2D eigenvalue weighted by atomic mass is 9.90. The number of likely N-dealkylation sites (tertiary alicyclic amines) is 1. The number of amides is 2. The van der Waals surface area contributed by atoms with Gasteiger partial charge in [-0.25, -0.2) is 4.79 Å². The van der Waals surface area contributed by atoms with Crippen LogP contribution in [0.1, 0.15) is 36.0 Å². The van der Waals surface area contributed by atoms with Gasteiger partial charge < -0.3 is 15.0 Å². The van der Waals surface area contributed by atoms with Crippen molar-refractivity contribution in [3.8, 4) is 5.75 Å². The van der Waals surface area contributed by atoms with E-state index in [1.165, 1.54) is 5.56 Å². The van der Waals surface area contributed by atoms with Gasteiger partial charge in [0.25, 0.3) is 0 Å². The Morgan fingerprint density at radius 2 is 1.71 bits per heavy atom. The molecule has 1 fully saturated rings. The van der Waals surface area contributed by atoms with Crippen molar-refractivity contribution in [1.82, 2.24) is 10.2 Å². The number of nitrogens with one attached hydrogen (secondary N) is 1. The van der Waals surface area contributed by atoms with Gasteiger partial charge in [-0.15, -0.1) is 0 Å². The van der Waals surface area contributed by atoms with Crippen molar-refractivity contribution < 1.29 is 9.53 Å². The highest BCUT2D eigenvalue weighted by Gasteiger charge is 2.22. The van der Waals surface area contributed by atoms with Crippen LogP contribution in [0.5, 0.6) is 5.75 Å². The van der Waals surface area contributed by atoms with Crippen molar-refractivity contribution in [2.45, 2.75) is 39.5 Å². The SMILES string of the molecule is Cc1cccc(C)c1OCCCNC(=O)N1CCC(Cc2ccccc2)CC1. The largest absolute Gasteiger partial charge is 0.493 e. The van der Waals surface area contributed by atoms with E-state index < -0.39 is 0 Å². The molecule has 1 heterocycles. The van der Waals surface area contributed by atoms with Gasteiger partial charge in [0.1, 0.15) is 5.75 Å². The molecule has 0 unspecified atom stereocenters. The summed E-state index contributed by atoms with van der Waals surface area (Å²) >= 11 is 0. The third-order valence-electron chi connectivity index (χ3n) is 5.52. The van der Waals surface area contributed by atoms with Crippen LogP contribution in [0.4, 0.5) is 4.79 Å². The molecule has 2 aromatic rings. The second kappa shape index (κ2) is 10.2. The van der Waals surface area contributed by atoms with E-state index in [0.29, 0.717) is 19.1 Å². The zero-order valence-electron chi connectivity index (χ0n) is 17.1. The molecule has 28 heavy (non-hydrogen) atoms. The number of urea groups is 1. The Labute approximate surface area is 168 Å². The standard InChI is InChI=1S/C24H32N2O2/c1-19-8-6-9-20(2)23(19)28-17-7-14-25-24(27)26-15-12-22(13-16-26)18-21-10-4-3-5-11-21/h3-6,8-11,22H,7,12-18H2,1-2H3,(H,25,27). The maximum atomic E-state index is 12.4. The van der Waals surface area contributed by atoms with E-state index in [4.69, 9.17) is 4.74 Å². The van der Waals surface area contributed by atoms with E-state index in [-0.39, 0.29) is 6.03 Å². The van der Waals surface area contributed by atoms with Crippen LogP contribution >= 0.6 is 0 Å². The Kier molecular flexibility index (Phi) is 7.35. The third kappa shape index (κ3) is 5.75. The van der Waals surface area contributed by atoms with Crippen molar-refractivity contribution in [2.24, 2.45) is 5.92 Å². The number of carbonyl (C=O) groups is 1. The molecule has 0 aromatic heterocycles. The molecular weight excluding hydrogens is 348 g/mol. The zero-order valence-corrected chi connectivity index (χ0v) is 17.1. The van der Waals surface area contributed by atoms with Crippen LogP contribution in [0.3, 0.4) is 0 Å². The van der Waals surface area contributed by atoms with Gasteiger partial charge in [0.15, 0.2) is 0 Å². The molecule has 1 aliphatic rings. The summed E-state index contributed by atoms with van der Waals surface area (Å²) in [6.07, 6.45) is 4.09. The Bertz CT molecular complexity index is 732. The molecule has 1 saturated heterocycles. The summed E-state index contributed by atoms with van der Waals surface area (Å²) in [7, 11) is 0. The summed E-state index contributed by atoms with van der Waals surface area (Å²) in [4.78, 5) is 14.3. The van der Waals surface area contributed by atoms with Crippen LogP contribution in [0.15, 0.2) is 48.5 Å². The fourth-order valence-corrected chi connectivity index (χ4v) is 3.87. The number of hydrogen-bond donors (Lipinski definition) is 1. The number of ether oxygens (including phenoxy) is 1. The van der Waals surface area contributed by atoms with Crippen LogP contribution < -0.4 is 10.1 Å². The number of rotatable bonds is 7. The second-order valence-electron chi connectivity index (χ2n) is 7.78. The first-order chi connectivity index (χ1) is 13.6. The second-order valence-corrected chi connectivity index (χ2v) is 7.78. The quantitative estimate of drug-likeness (QED) is 0.705. The minimum absolute atomic E-state index is 0.0604. The van der Waals surface area contributed by atoms with E-state index in [1.54, 1.807) is 0 Å². The Balaban J connectivity index is 1.31. The van der Waals surface area contributed by atoms with E-state index >= 15 is 0 Å². The molecule has 150 valence electrons. The van der Waals surface area contributed by atoms with Crippen LogP contribution in [0.2, 0.25) is 0 Å². The number of aryl methyl sites for hydroxylation is 2. The van der Waals surface area contributed by atoms with Gasteiger partial charge in [-0.1, -0.05) is 48.5 Å². The van der Waals surface area contributed by atoms with Crippen molar-refractivity contribution in [2.75, 3.05) is 26.2 Å². The van der Waals surface area contributed by atoms with Crippen LogP contribution in [0, 0.1) is 19.8 Å². The lowest BCUT2D eigenvalue weighted by Crippen LogP contribution is -2.45. The van der Waals surface area contributed by atoms with Gasteiger partial charge in [0.05, 0.1) is 6.61 Å². The predicted octanol–water partition coefficient (Wildman–Crippen LogP) is 4.74. The van der Waals surface area contributed by atoms with Crippen molar-refractivity contribution in [3.63, 3.8) is 0 Å². The molecule has 0 radical (unpaired) electrons. The molecule has 0 spiro atoms. The molecular formula is C24H32N2O2. The van der Waals surface area contributed by atoms with Crippen molar-refractivity contribution >= 4 is 6.03 Å². The molecule has 0 saturated carbocycles. The summed E-state index contributed by atoms with van der Waals surface area (Å²) in [6.45, 7) is 7.08. The van der Waals surface area contributed by atoms with E-state index in [2.05, 4.69) is 61.6 Å². The van der Waals surface area contributed by atoms with Gasteiger partial charge >= 0.3 is 6.03 Å². The van der Waals surface area contributed by atoms with Gasteiger partial charge in [0, 0.05) is 19.6 Å². The van der Waals surface area contributed by atoms with E-state index in [0.717, 1.165) is 55.6 Å². The number of piperidine rings is 1. The molecule has 2 amide bonds. The summed E-state index contributed by atoms with van der Waals surface area (Å²) in [5.41, 5.74) is 3.71. The Hall–Kier alpha value is -2.49. The van der Waals surface area contributed by atoms with Gasteiger partial charge in [-0.05, 0) is 62.1 Å². The molecule has 4 nitrogen and oxygen atoms in total. The number of nitrogens with zero attached hydrogens (tertiary/aromatic N) is 1. The van der Waals surface area contributed by atoms with Crippen LogP contribution in [-0.4, -0.2) is 37.2 Å². The first kappa shape index (κ1) is 20.2. The number of hydrogen-bond acceptors (Lipinski definition) is 2. The monoisotopic (exact) mass is 380 g/mol. The van der Waals surface area contributed by atoms with Gasteiger partial charge in [-0.3, -0.25) is 0 Å². The summed E-state index contributed by atoms with van der Waals surface area (Å²) in [5, 5.41) is 3.04. The highest BCUT2D eigenvalue weighted by atomic mass is 16.5. The lowest BCUT2D eigenvalue weighted by Gasteiger charge is -2.32. The topological polar surface area (TPSA) is 41.6 Å². The molecule has 3 rings (SSSR count). The minimum atomic E-state index is 0.0604. The molecule has 2 aromatic carbocycles. The highest BCUT2D eigenvalue weighted by Crippen LogP contribution is 2.23. The molecule has 0 aliphatic carbocycles. The Morgan fingerprint density at radius 1 is 1.04 bits per heavy atom. The molecule has 1 N–H and O–H groups in total. The van der Waals surface area contributed by atoms with E-state index in [9.17, 15) is 4.79 Å². The van der Waals surface area contributed by atoms with Gasteiger partial charge in [0.2, 0.25) is 0 Å². The number of benzene rings is 2.